The Balaban J connectivity index is 1.86. The first kappa shape index (κ1) is 26.0. The zero-order chi connectivity index (χ0) is 25.4. The zero-order valence-corrected chi connectivity index (χ0v) is 20.4. The molecule has 0 radical (unpaired) electrons. The number of rotatable bonds is 5. The van der Waals surface area contributed by atoms with Crippen molar-refractivity contribution in [1.82, 2.24) is 15.2 Å². The van der Waals surface area contributed by atoms with Gasteiger partial charge in [-0.1, -0.05) is 0 Å². The van der Waals surface area contributed by atoms with E-state index in [0.29, 0.717) is 0 Å². The van der Waals surface area contributed by atoms with Gasteiger partial charge in [0.1, 0.15) is 11.9 Å². The SMILES string of the molecule is CNC(=O)c1csc2c(C(F)(F)F)cc(N3CC[C@@H](OC(=O)N(C(C)C)C(C)C)[C@H](F)C3)nc12. The molecule has 0 unspecified atom stereocenters. The number of hydrogen-bond donors (Lipinski definition) is 1. The molecular weight excluding hydrogens is 476 g/mol. The van der Waals surface area contributed by atoms with Gasteiger partial charge in [0.05, 0.1) is 27.9 Å². The van der Waals surface area contributed by atoms with Gasteiger partial charge < -0.3 is 19.9 Å². The van der Waals surface area contributed by atoms with Gasteiger partial charge in [-0.25, -0.2) is 14.2 Å². The van der Waals surface area contributed by atoms with E-state index in [1.807, 2.05) is 27.7 Å². The maximum Gasteiger partial charge on any atom is 0.417 e. The average molecular weight is 505 g/mol. The Bertz CT molecular complexity index is 1050. The summed E-state index contributed by atoms with van der Waals surface area (Å²) in [7, 11) is 1.37. The smallest absolute Gasteiger partial charge is 0.417 e. The van der Waals surface area contributed by atoms with E-state index in [1.165, 1.54) is 22.2 Å². The Kier molecular flexibility index (Phi) is 7.59. The third kappa shape index (κ3) is 5.21. The van der Waals surface area contributed by atoms with Crippen LogP contribution in [0.25, 0.3) is 10.2 Å². The molecule has 1 N–H and O–H groups in total. The maximum absolute atomic E-state index is 15.0. The minimum absolute atomic E-state index is 0.0259. The van der Waals surface area contributed by atoms with Crippen LogP contribution in [0.3, 0.4) is 0 Å². The number of pyridine rings is 1. The summed E-state index contributed by atoms with van der Waals surface area (Å²) in [5, 5.41) is 3.72. The van der Waals surface area contributed by atoms with Crippen molar-refractivity contribution in [3.05, 3.63) is 22.6 Å². The monoisotopic (exact) mass is 504 g/mol. The third-order valence-corrected chi connectivity index (χ3v) is 6.67. The number of carbonyl (C=O) groups is 2. The van der Waals surface area contributed by atoms with Gasteiger partial charge in [0.15, 0.2) is 6.17 Å². The van der Waals surface area contributed by atoms with Crippen molar-refractivity contribution in [2.24, 2.45) is 0 Å². The molecule has 12 heteroatoms. The highest BCUT2D eigenvalue weighted by Crippen LogP contribution is 2.40. The number of carbonyl (C=O) groups excluding carboxylic acids is 2. The molecule has 0 saturated carbocycles. The highest BCUT2D eigenvalue weighted by atomic mass is 32.1. The van der Waals surface area contributed by atoms with Crippen molar-refractivity contribution < 1.29 is 31.9 Å². The molecule has 1 fully saturated rings. The normalized spacial score (nSPS) is 19.1. The number of piperidine rings is 1. The van der Waals surface area contributed by atoms with Crippen LogP contribution in [0.2, 0.25) is 0 Å². The van der Waals surface area contributed by atoms with Crippen LogP contribution in [0, 0.1) is 0 Å². The summed E-state index contributed by atoms with van der Waals surface area (Å²) < 4.78 is 61.6. The lowest BCUT2D eigenvalue weighted by Gasteiger charge is -2.37. The van der Waals surface area contributed by atoms with Gasteiger partial charge in [0.25, 0.3) is 5.91 Å². The number of fused-ring (bicyclic) bond motifs is 1. The first-order chi connectivity index (χ1) is 15.8. The number of nitrogens with one attached hydrogen (secondary N) is 1. The van der Waals surface area contributed by atoms with E-state index in [9.17, 15) is 22.8 Å². The number of amides is 2. The topological polar surface area (TPSA) is 74.8 Å². The molecule has 2 aromatic rings. The van der Waals surface area contributed by atoms with Gasteiger partial charge in [-0.05, 0) is 33.8 Å². The van der Waals surface area contributed by atoms with Crippen LogP contribution in [-0.2, 0) is 10.9 Å². The molecule has 1 saturated heterocycles. The van der Waals surface area contributed by atoms with Crippen LogP contribution < -0.4 is 10.2 Å². The summed E-state index contributed by atoms with van der Waals surface area (Å²) in [6.07, 6.45) is -7.85. The molecule has 188 valence electrons. The van der Waals surface area contributed by atoms with E-state index >= 15 is 4.39 Å². The van der Waals surface area contributed by atoms with Gasteiger partial charge in [0.2, 0.25) is 0 Å². The Morgan fingerprint density at radius 3 is 2.44 bits per heavy atom. The van der Waals surface area contributed by atoms with E-state index in [-0.39, 0.29) is 53.2 Å². The number of halogens is 4. The molecule has 0 aliphatic carbocycles. The number of aromatic nitrogens is 1. The van der Waals surface area contributed by atoms with Crippen LogP contribution >= 0.6 is 11.3 Å². The molecular formula is C22H28F4N4O3S. The first-order valence-corrected chi connectivity index (χ1v) is 11.8. The largest absolute Gasteiger partial charge is 0.443 e. The molecule has 0 spiro atoms. The lowest BCUT2D eigenvalue weighted by atomic mass is 10.1. The van der Waals surface area contributed by atoms with Gasteiger partial charge in [-0.15, -0.1) is 11.3 Å². The maximum atomic E-state index is 15.0. The Labute approximate surface area is 199 Å². The second-order valence-corrected chi connectivity index (χ2v) is 9.58. The molecule has 0 bridgehead atoms. The predicted octanol–water partition coefficient (Wildman–Crippen LogP) is 4.85. The number of ether oxygens (including phenoxy) is 1. The number of anilines is 1. The quantitative estimate of drug-likeness (QED) is 0.590. The molecule has 2 atom stereocenters. The third-order valence-electron chi connectivity index (χ3n) is 5.67. The standard InChI is InChI=1S/C22H28F4N4O3S/c1-11(2)30(12(3)4)21(32)33-16-6-7-29(9-15(16)23)17-8-14(22(24,25)26)19-18(28-17)13(10-34-19)20(31)27-5/h8,10-12,15-16H,6-7,9H2,1-5H3,(H,27,31)/t15-,16-/m1/s1. The van der Waals surface area contributed by atoms with E-state index in [4.69, 9.17) is 4.74 Å². The number of thiophene rings is 1. The lowest BCUT2D eigenvalue weighted by molar-refractivity contribution is -0.136. The van der Waals surface area contributed by atoms with Crippen LogP contribution in [0.4, 0.5) is 28.2 Å². The number of hydrogen-bond acceptors (Lipinski definition) is 6. The van der Waals surface area contributed by atoms with Crippen molar-refractivity contribution >= 4 is 39.4 Å². The minimum Gasteiger partial charge on any atom is -0.443 e. The van der Waals surface area contributed by atoms with E-state index in [2.05, 4.69) is 10.3 Å². The molecule has 7 nitrogen and oxygen atoms in total. The van der Waals surface area contributed by atoms with Crippen molar-refractivity contribution in [2.75, 3.05) is 25.0 Å². The van der Waals surface area contributed by atoms with Crippen molar-refractivity contribution in [3.8, 4) is 0 Å². The molecule has 2 aromatic heterocycles. The summed E-state index contributed by atoms with van der Waals surface area (Å²) in [5.41, 5.74) is -0.985. The second-order valence-electron chi connectivity index (χ2n) is 8.70. The van der Waals surface area contributed by atoms with Crippen LogP contribution in [-0.4, -0.2) is 66.4 Å². The highest BCUT2D eigenvalue weighted by molar-refractivity contribution is 7.17. The van der Waals surface area contributed by atoms with E-state index in [1.54, 1.807) is 0 Å². The van der Waals surface area contributed by atoms with E-state index < -0.39 is 36.0 Å². The lowest BCUT2D eigenvalue weighted by Crippen LogP contribution is -2.50. The molecule has 34 heavy (non-hydrogen) atoms. The zero-order valence-electron chi connectivity index (χ0n) is 19.6. The van der Waals surface area contributed by atoms with Gasteiger partial charge in [0, 0.05) is 37.5 Å². The summed E-state index contributed by atoms with van der Waals surface area (Å²) in [5.74, 6) is -0.639. The highest BCUT2D eigenvalue weighted by Gasteiger charge is 2.38. The van der Waals surface area contributed by atoms with Crippen molar-refractivity contribution in [1.29, 1.82) is 0 Å². The van der Waals surface area contributed by atoms with Crippen molar-refractivity contribution in [3.63, 3.8) is 0 Å². The number of nitrogens with zero attached hydrogens (tertiary/aromatic N) is 3. The fourth-order valence-corrected chi connectivity index (χ4v) is 5.12. The molecule has 3 heterocycles. The fourth-order valence-electron chi connectivity index (χ4n) is 4.10. The van der Waals surface area contributed by atoms with Crippen LogP contribution in [0.15, 0.2) is 11.4 Å². The summed E-state index contributed by atoms with van der Waals surface area (Å²) in [6, 6.07) is 0.607. The second kappa shape index (κ2) is 9.93. The average Bonchev–Trinajstić information content (AvgIpc) is 3.16. The first-order valence-electron chi connectivity index (χ1n) is 10.9. The molecule has 2 amide bonds. The summed E-state index contributed by atoms with van der Waals surface area (Å²) in [4.78, 5) is 31.9. The molecule has 0 aromatic carbocycles. The minimum atomic E-state index is -4.68. The predicted molar refractivity (Wildman–Crippen MR) is 122 cm³/mol. The van der Waals surface area contributed by atoms with Crippen molar-refractivity contribution in [2.45, 2.75) is 64.7 Å². The molecule has 1 aliphatic heterocycles. The van der Waals surface area contributed by atoms with Crippen LogP contribution in [0.1, 0.15) is 50.0 Å². The molecule has 1 aliphatic rings. The summed E-state index contributed by atoms with van der Waals surface area (Å²) >= 11 is 0.783. The van der Waals surface area contributed by atoms with Gasteiger partial charge in [-0.2, -0.15) is 13.2 Å². The Morgan fingerprint density at radius 2 is 1.91 bits per heavy atom. The molecule has 3 rings (SSSR count). The van der Waals surface area contributed by atoms with Crippen LogP contribution in [0.5, 0.6) is 0 Å². The fraction of sp³-hybridized carbons (Fsp3) is 0.591. The summed E-state index contributed by atoms with van der Waals surface area (Å²) in [6.45, 7) is 7.15. The number of alkyl halides is 4. The Morgan fingerprint density at radius 1 is 1.26 bits per heavy atom. The van der Waals surface area contributed by atoms with Gasteiger partial charge >= 0.3 is 12.3 Å². The Hall–Kier alpha value is -2.63. The van der Waals surface area contributed by atoms with Gasteiger partial charge in [-0.3, -0.25) is 4.79 Å². The van der Waals surface area contributed by atoms with E-state index in [0.717, 1.165) is 17.4 Å².